The van der Waals surface area contributed by atoms with E-state index in [0.29, 0.717) is 12.1 Å². The summed E-state index contributed by atoms with van der Waals surface area (Å²) < 4.78 is 0. The van der Waals surface area contributed by atoms with Crippen molar-refractivity contribution in [3.05, 3.63) is 76.7 Å². The number of aromatic nitrogens is 1. The van der Waals surface area contributed by atoms with Crippen LogP contribution in [-0.4, -0.2) is 17.4 Å². The molecule has 29 heavy (non-hydrogen) atoms. The van der Waals surface area contributed by atoms with Crippen LogP contribution in [0, 0.1) is 0 Å². The fourth-order valence-electron chi connectivity index (χ4n) is 2.90. The van der Waals surface area contributed by atoms with E-state index in [4.69, 9.17) is 0 Å². The van der Waals surface area contributed by atoms with Crippen molar-refractivity contribution in [2.45, 2.75) is 73.1 Å². The summed E-state index contributed by atoms with van der Waals surface area (Å²) in [5.74, 6) is -0.0814. The van der Waals surface area contributed by atoms with Gasteiger partial charge in [0.2, 0.25) is 0 Å². The second-order valence-corrected chi connectivity index (χ2v) is 8.00. The van der Waals surface area contributed by atoms with E-state index in [0.717, 1.165) is 38.5 Å². The van der Waals surface area contributed by atoms with Gasteiger partial charge in [0.25, 0.3) is 5.91 Å². The second kappa shape index (κ2) is 14.6. The zero-order chi connectivity index (χ0) is 21.5. The number of allylic oxidation sites excluding steroid dienone is 7. The topological polar surface area (TPSA) is 42.0 Å². The predicted molar refractivity (Wildman–Crippen MR) is 125 cm³/mol. The number of hydrogen-bond donors (Lipinski definition) is 1. The molecule has 3 heteroatoms. The zero-order valence-electron chi connectivity index (χ0n) is 18.9. The molecule has 0 saturated carbocycles. The van der Waals surface area contributed by atoms with Crippen LogP contribution in [-0.2, 0) is 0 Å². The maximum absolute atomic E-state index is 12.0. The molecule has 1 heterocycles. The average Bonchev–Trinajstić information content (AvgIpc) is 2.68. The Balaban J connectivity index is 2.24. The highest BCUT2D eigenvalue weighted by atomic mass is 16.1. The molecule has 3 nitrogen and oxygen atoms in total. The van der Waals surface area contributed by atoms with Gasteiger partial charge in [0.15, 0.2) is 0 Å². The molecule has 0 bridgehead atoms. The van der Waals surface area contributed by atoms with Gasteiger partial charge in [-0.2, -0.15) is 0 Å². The molecule has 0 atom stereocenters. The SMILES string of the molecule is CC(C)=CCCC(C)=CCCC(C)=CCCC(C)=CCNC(=O)c1cccnc1. The Morgan fingerprint density at radius 2 is 1.41 bits per heavy atom. The number of nitrogens with one attached hydrogen (secondary N) is 1. The van der Waals surface area contributed by atoms with E-state index in [1.165, 1.54) is 22.3 Å². The van der Waals surface area contributed by atoms with Gasteiger partial charge in [0, 0.05) is 18.9 Å². The van der Waals surface area contributed by atoms with Crippen molar-refractivity contribution in [3.8, 4) is 0 Å². The van der Waals surface area contributed by atoms with Gasteiger partial charge in [-0.1, -0.05) is 46.6 Å². The monoisotopic (exact) mass is 394 g/mol. The molecular formula is C26H38N2O. The highest BCUT2D eigenvalue weighted by Crippen LogP contribution is 2.13. The molecule has 0 unspecified atom stereocenters. The molecule has 0 aromatic carbocycles. The largest absolute Gasteiger partial charge is 0.349 e. The van der Waals surface area contributed by atoms with Crippen molar-refractivity contribution in [2.75, 3.05) is 6.54 Å². The molecule has 0 aliphatic heterocycles. The molecule has 0 radical (unpaired) electrons. The molecule has 0 saturated heterocycles. The first-order chi connectivity index (χ1) is 13.9. The summed E-state index contributed by atoms with van der Waals surface area (Å²) in [6.07, 6.45) is 19.0. The molecular weight excluding hydrogens is 356 g/mol. The van der Waals surface area contributed by atoms with Crippen LogP contribution >= 0.6 is 0 Å². The van der Waals surface area contributed by atoms with Crippen LogP contribution in [0.25, 0.3) is 0 Å². The standard InChI is InChI=1S/C26H38N2O/c1-21(2)10-6-11-22(3)12-7-13-23(4)14-8-15-24(5)17-19-28-26(29)25-16-9-18-27-20-25/h9-10,12,14,16-18,20H,6-8,11,13,15,19H2,1-5H3,(H,28,29). The van der Waals surface area contributed by atoms with Crippen molar-refractivity contribution >= 4 is 5.91 Å². The third-order valence-electron chi connectivity index (χ3n) is 4.79. The minimum Gasteiger partial charge on any atom is -0.349 e. The predicted octanol–water partition coefficient (Wildman–Crippen LogP) is 6.96. The summed E-state index contributed by atoms with van der Waals surface area (Å²) in [5.41, 5.74) is 6.24. The Morgan fingerprint density at radius 3 is 1.93 bits per heavy atom. The van der Waals surface area contributed by atoms with Crippen LogP contribution < -0.4 is 5.32 Å². The van der Waals surface area contributed by atoms with Crippen LogP contribution in [0.3, 0.4) is 0 Å². The van der Waals surface area contributed by atoms with Crippen molar-refractivity contribution in [1.29, 1.82) is 0 Å². The fourth-order valence-corrected chi connectivity index (χ4v) is 2.90. The van der Waals surface area contributed by atoms with Crippen LogP contribution in [0.2, 0.25) is 0 Å². The fraction of sp³-hybridized carbons (Fsp3) is 0.462. The summed E-state index contributed by atoms with van der Waals surface area (Å²) >= 11 is 0. The summed E-state index contributed by atoms with van der Waals surface area (Å²) in [6.45, 7) is 11.4. The molecule has 158 valence electrons. The van der Waals surface area contributed by atoms with Gasteiger partial charge in [0.05, 0.1) is 5.56 Å². The van der Waals surface area contributed by atoms with E-state index in [9.17, 15) is 4.79 Å². The lowest BCUT2D eigenvalue weighted by molar-refractivity contribution is 0.0957. The number of carbonyl (C=O) groups excluding carboxylic acids is 1. The first-order valence-electron chi connectivity index (χ1n) is 10.7. The van der Waals surface area contributed by atoms with Gasteiger partial charge in [0.1, 0.15) is 0 Å². The van der Waals surface area contributed by atoms with Crippen LogP contribution in [0.4, 0.5) is 0 Å². The van der Waals surface area contributed by atoms with E-state index in [1.54, 1.807) is 24.5 Å². The lowest BCUT2D eigenvalue weighted by Crippen LogP contribution is -2.23. The Kier molecular flexibility index (Phi) is 12.4. The lowest BCUT2D eigenvalue weighted by Gasteiger charge is -2.04. The quantitative estimate of drug-likeness (QED) is 0.389. The van der Waals surface area contributed by atoms with Gasteiger partial charge in [-0.25, -0.2) is 0 Å². The third-order valence-corrected chi connectivity index (χ3v) is 4.79. The van der Waals surface area contributed by atoms with Crippen molar-refractivity contribution in [2.24, 2.45) is 0 Å². The normalized spacial score (nSPS) is 12.7. The number of pyridine rings is 1. The van der Waals surface area contributed by atoms with Crippen LogP contribution in [0.5, 0.6) is 0 Å². The summed E-state index contributed by atoms with van der Waals surface area (Å²) in [6, 6.07) is 3.54. The number of hydrogen-bond acceptors (Lipinski definition) is 2. The molecule has 0 fully saturated rings. The minimum absolute atomic E-state index is 0.0814. The Bertz CT molecular complexity index is 735. The summed E-state index contributed by atoms with van der Waals surface area (Å²) in [7, 11) is 0. The van der Waals surface area contributed by atoms with Crippen molar-refractivity contribution in [3.63, 3.8) is 0 Å². The summed E-state index contributed by atoms with van der Waals surface area (Å²) in [4.78, 5) is 15.9. The van der Waals surface area contributed by atoms with Gasteiger partial charge in [-0.15, -0.1) is 0 Å². The van der Waals surface area contributed by atoms with E-state index >= 15 is 0 Å². The Hall–Kier alpha value is -2.42. The summed E-state index contributed by atoms with van der Waals surface area (Å²) in [5, 5.41) is 2.91. The third kappa shape index (κ3) is 12.6. The maximum Gasteiger partial charge on any atom is 0.253 e. The minimum atomic E-state index is -0.0814. The van der Waals surface area contributed by atoms with Crippen LogP contribution in [0.1, 0.15) is 83.5 Å². The molecule has 1 aromatic rings. The van der Waals surface area contributed by atoms with E-state index < -0.39 is 0 Å². The van der Waals surface area contributed by atoms with Gasteiger partial charge < -0.3 is 5.32 Å². The molecule has 0 aliphatic rings. The number of amides is 1. The smallest absolute Gasteiger partial charge is 0.253 e. The van der Waals surface area contributed by atoms with Crippen molar-refractivity contribution < 1.29 is 4.79 Å². The molecule has 0 spiro atoms. The number of rotatable bonds is 12. The maximum atomic E-state index is 12.0. The molecule has 0 aliphatic carbocycles. The van der Waals surface area contributed by atoms with E-state index in [2.05, 4.69) is 69.2 Å². The second-order valence-electron chi connectivity index (χ2n) is 8.00. The molecule has 1 aromatic heterocycles. The van der Waals surface area contributed by atoms with E-state index in [-0.39, 0.29) is 5.91 Å². The average molecular weight is 395 g/mol. The number of carbonyl (C=O) groups is 1. The zero-order valence-corrected chi connectivity index (χ0v) is 18.9. The number of nitrogens with zero attached hydrogens (tertiary/aromatic N) is 1. The Morgan fingerprint density at radius 1 is 0.862 bits per heavy atom. The first-order valence-corrected chi connectivity index (χ1v) is 10.7. The highest BCUT2D eigenvalue weighted by Gasteiger charge is 2.02. The van der Waals surface area contributed by atoms with Gasteiger partial charge in [-0.05, 0) is 85.3 Å². The molecule has 1 rings (SSSR count). The first kappa shape index (κ1) is 24.6. The molecule has 1 N–H and O–H groups in total. The Labute approximate surface area is 177 Å². The molecule has 1 amide bonds. The lowest BCUT2D eigenvalue weighted by atomic mass is 10.0. The van der Waals surface area contributed by atoms with Crippen LogP contribution in [0.15, 0.2) is 71.1 Å². The van der Waals surface area contributed by atoms with Crippen molar-refractivity contribution in [1.82, 2.24) is 10.3 Å². The van der Waals surface area contributed by atoms with Gasteiger partial charge in [-0.3, -0.25) is 9.78 Å². The van der Waals surface area contributed by atoms with Gasteiger partial charge >= 0.3 is 0 Å². The van der Waals surface area contributed by atoms with E-state index in [1.807, 2.05) is 0 Å². The highest BCUT2D eigenvalue weighted by molar-refractivity contribution is 5.93.